The van der Waals surface area contributed by atoms with E-state index in [1.54, 1.807) is 0 Å². The largest absolute Gasteiger partial charge is 0.378 e. The zero-order chi connectivity index (χ0) is 14.7. The summed E-state index contributed by atoms with van der Waals surface area (Å²) in [5.41, 5.74) is 5.22. The van der Waals surface area contributed by atoms with Crippen LogP contribution in [0, 0.1) is 11.3 Å². The maximum absolute atomic E-state index is 12.4. The van der Waals surface area contributed by atoms with Crippen LogP contribution >= 0.6 is 12.4 Å². The second kappa shape index (κ2) is 7.62. The minimum absolute atomic E-state index is 0. The van der Waals surface area contributed by atoms with Crippen LogP contribution in [0.5, 0.6) is 0 Å². The van der Waals surface area contributed by atoms with E-state index in [0.29, 0.717) is 18.9 Å². The average molecular weight is 307 g/mol. The van der Waals surface area contributed by atoms with E-state index < -0.39 is 5.54 Å². The van der Waals surface area contributed by atoms with Crippen LogP contribution < -0.4 is 11.1 Å². The summed E-state index contributed by atoms with van der Waals surface area (Å²) in [6.45, 7) is 11.7. The van der Waals surface area contributed by atoms with Crippen molar-refractivity contribution in [3.05, 3.63) is 0 Å². The van der Waals surface area contributed by atoms with Crippen molar-refractivity contribution in [2.24, 2.45) is 17.1 Å². The Morgan fingerprint density at radius 1 is 1.35 bits per heavy atom. The molecule has 1 fully saturated rings. The molecule has 4 nitrogen and oxygen atoms in total. The van der Waals surface area contributed by atoms with Crippen LogP contribution in [0.2, 0.25) is 0 Å². The Hall–Kier alpha value is -0.320. The van der Waals surface area contributed by atoms with Crippen LogP contribution in [0.15, 0.2) is 0 Å². The first-order chi connectivity index (χ1) is 8.83. The van der Waals surface area contributed by atoms with Gasteiger partial charge >= 0.3 is 0 Å². The van der Waals surface area contributed by atoms with Gasteiger partial charge in [0, 0.05) is 25.0 Å². The summed E-state index contributed by atoms with van der Waals surface area (Å²) in [5.74, 6) is 0.513. The van der Waals surface area contributed by atoms with Gasteiger partial charge < -0.3 is 15.8 Å². The van der Waals surface area contributed by atoms with Crippen LogP contribution in [-0.4, -0.2) is 30.7 Å². The second-order valence-corrected chi connectivity index (χ2v) is 6.23. The molecule has 1 saturated carbocycles. The summed E-state index contributed by atoms with van der Waals surface area (Å²) >= 11 is 0. The molecule has 0 bridgehead atoms. The molecule has 2 unspecified atom stereocenters. The van der Waals surface area contributed by atoms with Gasteiger partial charge in [0.1, 0.15) is 5.54 Å². The number of amides is 1. The van der Waals surface area contributed by atoms with Crippen LogP contribution in [0.3, 0.4) is 0 Å². The number of nitrogens with one attached hydrogen (secondary N) is 1. The fourth-order valence-corrected chi connectivity index (χ4v) is 2.79. The quantitative estimate of drug-likeness (QED) is 0.759. The fraction of sp³-hybridized carbons (Fsp3) is 0.933. The highest BCUT2D eigenvalue weighted by Crippen LogP contribution is 2.49. The SMILES string of the molecule is CCOC1CC(N)(C(=O)NCC(CC)CC)C1(C)C.Cl. The van der Waals surface area contributed by atoms with Gasteiger partial charge in [-0.05, 0) is 12.8 Å². The number of carbonyl (C=O) groups is 1. The van der Waals surface area contributed by atoms with Gasteiger partial charge in [-0.15, -0.1) is 12.4 Å². The van der Waals surface area contributed by atoms with E-state index >= 15 is 0 Å². The van der Waals surface area contributed by atoms with Gasteiger partial charge in [0.2, 0.25) is 5.91 Å². The molecule has 0 heterocycles. The van der Waals surface area contributed by atoms with Gasteiger partial charge in [0.05, 0.1) is 6.10 Å². The molecule has 0 aromatic carbocycles. The number of hydrogen-bond donors (Lipinski definition) is 2. The topological polar surface area (TPSA) is 64.3 Å². The second-order valence-electron chi connectivity index (χ2n) is 6.23. The highest BCUT2D eigenvalue weighted by Gasteiger charge is 2.62. The van der Waals surface area contributed by atoms with Crippen molar-refractivity contribution in [1.82, 2.24) is 5.32 Å². The lowest BCUT2D eigenvalue weighted by Gasteiger charge is -2.57. The summed E-state index contributed by atoms with van der Waals surface area (Å²) in [4.78, 5) is 12.4. The maximum atomic E-state index is 12.4. The van der Waals surface area contributed by atoms with E-state index in [9.17, 15) is 4.79 Å². The first kappa shape index (κ1) is 19.7. The summed E-state index contributed by atoms with van der Waals surface area (Å²) in [5, 5.41) is 3.03. The molecule has 1 amide bonds. The Kier molecular flexibility index (Phi) is 7.50. The van der Waals surface area contributed by atoms with E-state index in [-0.39, 0.29) is 29.8 Å². The van der Waals surface area contributed by atoms with Crippen molar-refractivity contribution in [2.45, 2.75) is 65.5 Å². The van der Waals surface area contributed by atoms with Gasteiger partial charge in [-0.25, -0.2) is 0 Å². The van der Waals surface area contributed by atoms with Gasteiger partial charge in [-0.2, -0.15) is 0 Å². The molecule has 1 aliphatic carbocycles. The number of ether oxygens (including phenoxy) is 1. The number of halogens is 1. The van der Waals surface area contributed by atoms with Crippen molar-refractivity contribution < 1.29 is 9.53 Å². The number of hydrogen-bond acceptors (Lipinski definition) is 3. The van der Waals surface area contributed by atoms with Gasteiger partial charge in [-0.1, -0.05) is 40.5 Å². The van der Waals surface area contributed by atoms with Crippen LogP contribution in [0.25, 0.3) is 0 Å². The van der Waals surface area contributed by atoms with Gasteiger partial charge in [0.25, 0.3) is 0 Å². The summed E-state index contributed by atoms with van der Waals surface area (Å²) in [7, 11) is 0. The summed E-state index contributed by atoms with van der Waals surface area (Å²) < 4.78 is 5.65. The molecule has 120 valence electrons. The zero-order valence-corrected chi connectivity index (χ0v) is 14.3. The fourth-order valence-electron chi connectivity index (χ4n) is 2.79. The molecule has 1 aliphatic rings. The molecular weight excluding hydrogens is 276 g/mol. The average Bonchev–Trinajstić information content (AvgIpc) is 2.39. The number of nitrogens with two attached hydrogens (primary N) is 1. The minimum atomic E-state index is -0.793. The standard InChI is InChI=1S/C15H30N2O2.ClH/c1-6-11(7-2)10-17-13(18)15(16)9-12(19-8-3)14(15,4)5;/h11-12H,6-10,16H2,1-5H3,(H,17,18);1H. The molecule has 1 rings (SSSR count). The van der Waals surface area contributed by atoms with E-state index in [4.69, 9.17) is 10.5 Å². The molecule has 0 aromatic heterocycles. The van der Waals surface area contributed by atoms with Gasteiger partial charge in [-0.3, -0.25) is 4.79 Å². The molecule has 5 heteroatoms. The molecule has 0 spiro atoms. The van der Waals surface area contributed by atoms with E-state index in [2.05, 4.69) is 19.2 Å². The van der Waals surface area contributed by atoms with E-state index in [0.717, 1.165) is 19.4 Å². The van der Waals surface area contributed by atoms with Crippen molar-refractivity contribution in [2.75, 3.05) is 13.2 Å². The van der Waals surface area contributed by atoms with Crippen molar-refractivity contribution >= 4 is 18.3 Å². The first-order valence-corrected chi connectivity index (χ1v) is 7.52. The Morgan fingerprint density at radius 3 is 2.30 bits per heavy atom. The molecule has 3 N–H and O–H groups in total. The van der Waals surface area contributed by atoms with Crippen molar-refractivity contribution in [3.63, 3.8) is 0 Å². The smallest absolute Gasteiger partial charge is 0.240 e. The predicted octanol–water partition coefficient (Wildman–Crippen LogP) is 2.49. The number of rotatable bonds is 7. The first-order valence-electron chi connectivity index (χ1n) is 7.52. The minimum Gasteiger partial charge on any atom is -0.378 e. The van der Waals surface area contributed by atoms with E-state index in [1.165, 1.54) is 0 Å². The Labute approximate surface area is 129 Å². The van der Waals surface area contributed by atoms with Crippen molar-refractivity contribution in [3.8, 4) is 0 Å². The van der Waals surface area contributed by atoms with Crippen LogP contribution in [0.1, 0.15) is 53.9 Å². The maximum Gasteiger partial charge on any atom is 0.240 e. The zero-order valence-electron chi connectivity index (χ0n) is 13.5. The highest BCUT2D eigenvalue weighted by molar-refractivity contribution is 5.88. The molecule has 20 heavy (non-hydrogen) atoms. The molecule has 0 saturated heterocycles. The summed E-state index contributed by atoms with van der Waals surface area (Å²) in [6.07, 6.45) is 2.86. The third-order valence-electron chi connectivity index (χ3n) is 4.94. The Morgan fingerprint density at radius 2 is 1.90 bits per heavy atom. The van der Waals surface area contributed by atoms with Crippen molar-refractivity contribution in [1.29, 1.82) is 0 Å². The third-order valence-corrected chi connectivity index (χ3v) is 4.94. The van der Waals surface area contributed by atoms with Crippen LogP contribution in [0.4, 0.5) is 0 Å². The lowest BCUT2D eigenvalue weighted by atomic mass is 9.54. The molecule has 0 aromatic rings. The monoisotopic (exact) mass is 306 g/mol. The molecule has 0 radical (unpaired) electrons. The normalized spacial score (nSPS) is 27.6. The lowest BCUT2D eigenvalue weighted by Crippen LogP contribution is -2.75. The Balaban J connectivity index is 0.00000361. The number of carbonyl (C=O) groups excluding carboxylic acids is 1. The Bertz CT molecular complexity index is 319. The molecule has 2 atom stereocenters. The molecular formula is C15H31ClN2O2. The third kappa shape index (κ3) is 3.46. The molecule has 0 aliphatic heterocycles. The summed E-state index contributed by atoms with van der Waals surface area (Å²) in [6, 6.07) is 0. The van der Waals surface area contributed by atoms with E-state index in [1.807, 2.05) is 20.8 Å². The van der Waals surface area contributed by atoms with Crippen LogP contribution in [-0.2, 0) is 9.53 Å². The van der Waals surface area contributed by atoms with Gasteiger partial charge in [0.15, 0.2) is 0 Å². The highest BCUT2D eigenvalue weighted by atomic mass is 35.5. The predicted molar refractivity (Wildman–Crippen MR) is 85.1 cm³/mol. The lowest BCUT2D eigenvalue weighted by molar-refractivity contribution is -0.170.